The summed E-state index contributed by atoms with van der Waals surface area (Å²) in [6.45, 7) is 2.55. The molecule has 0 spiro atoms. The van der Waals surface area contributed by atoms with Crippen LogP contribution in [-0.4, -0.2) is 47.2 Å². The Kier molecular flexibility index (Phi) is 7.49. The molecule has 8 heteroatoms. The average molecular weight is 475 g/mol. The molecule has 4 rings (SSSR count). The van der Waals surface area contributed by atoms with Crippen LogP contribution < -0.4 is 14.4 Å². The minimum Gasteiger partial charge on any atom is -0.497 e. The Labute approximate surface area is 203 Å². The Hall–Kier alpha value is -3.78. The van der Waals surface area contributed by atoms with Gasteiger partial charge in [0.05, 0.1) is 19.5 Å². The summed E-state index contributed by atoms with van der Waals surface area (Å²) in [6.07, 6.45) is 0. The van der Waals surface area contributed by atoms with Crippen molar-refractivity contribution in [3.05, 3.63) is 78.9 Å². The first-order chi connectivity index (χ1) is 16.6. The maximum absolute atomic E-state index is 12.9. The molecule has 0 bridgehead atoms. The standard InChI is InChI=1S/C26H26N4O3S/c1-4-33-22-15-13-21(14-16-22)30-25(19-9-8-12-23(17-19)32-3)27-28-26(30)34-18-24(31)29(2)20-10-6-5-7-11-20/h5-17H,4,18H2,1-3H3. The van der Waals surface area contributed by atoms with Gasteiger partial charge in [-0.15, -0.1) is 10.2 Å². The van der Waals surface area contributed by atoms with Gasteiger partial charge in [0.1, 0.15) is 11.5 Å². The molecule has 0 saturated carbocycles. The molecular formula is C26H26N4O3S. The third-order valence-corrected chi connectivity index (χ3v) is 6.12. The van der Waals surface area contributed by atoms with E-state index < -0.39 is 0 Å². The topological polar surface area (TPSA) is 69.5 Å². The molecule has 1 aromatic heterocycles. The summed E-state index contributed by atoms with van der Waals surface area (Å²) in [5.74, 6) is 2.37. The Bertz CT molecular complexity index is 1240. The van der Waals surface area contributed by atoms with Gasteiger partial charge in [0.15, 0.2) is 11.0 Å². The van der Waals surface area contributed by atoms with Gasteiger partial charge in [-0.2, -0.15) is 0 Å². The number of hydrogen-bond acceptors (Lipinski definition) is 6. The van der Waals surface area contributed by atoms with Crippen LogP contribution in [0.1, 0.15) is 6.92 Å². The Morgan fingerprint density at radius 2 is 1.74 bits per heavy atom. The number of carbonyl (C=O) groups is 1. The first-order valence-corrected chi connectivity index (χ1v) is 11.9. The van der Waals surface area contributed by atoms with E-state index in [1.807, 2.05) is 90.4 Å². The number of rotatable bonds is 9. The van der Waals surface area contributed by atoms with Gasteiger partial charge >= 0.3 is 0 Å². The van der Waals surface area contributed by atoms with E-state index in [1.54, 1.807) is 19.1 Å². The van der Waals surface area contributed by atoms with Gasteiger partial charge in [-0.05, 0) is 55.5 Å². The van der Waals surface area contributed by atoms with Crippen LogP contribution in [0.4, 0.5) is 5.69 Å². The van der Waals surface area contributed by atoms with Crippen LogP contribution in [0, 0.1) is 0 Å². The fraction of sp³-hybridized carbons (Fsp3) is 0.192. The monoisotopic (exact) mass is 474 g/mol. The van der Waals surface area contributed by atoms with Gasteiger partial charge in [-0.25, -0.2) is 0 Å². The Balaban J connectivity index is 1.65. The van der Waals surface area contributed by atoms with Crippen molar-refractivity contribution in [1.29, 1.82) is 0 Å². The molecule has 0 atom stereocenters. The SMILES string of the molecule is CCOc1ccc(-n2c(SCC(=O)N(C)c3ccccc3)nnc2-c2cccc(OC)c2)cc1. The van der Waals surface area contributed by atoms with E-state index in [-0.39, 0.29) is 11.7 Å². The minimum absolute atomic E-state index is 0.0274. The summed E-state index contributed by atoms with van der Waals surface area (Å²) in [5, 5.41) is 9.50. The molecule has 0 aliphatic rings. The van der Waals surface area contributed by atoms with Crippen LogP contribution in [0.3, 0.4) is 0 Å². The highest BCUT2D eigenvalue weighted by Crippen LogP contribution is 2.30. The molecule has 4 aromatic rings. The third kappa shape index (κ3) is 5.23. The largest absolute Gasteiger partial charge is 0.497 e. The number of carbonyl (C=O) groups excluding carboxylic acids is 1. The predicted molar refractivity (Wildman–Crippen MR) is 135 cm³/mol. The van der Waals surface area contributed by atoms with Crippen LogP contribution in [0.25, 0.3) is 17.1 Å². The summed E-state index contributed by atoms with van der Waals surface area (Å²) in [7, 11) is 3.41. The Morgan fingerprint density at radius 1 is 0.971 bits per heavy atom. The Morgan fingerprint density at radius 3 is 2.44 bits per heavy atom. The van der Waals surface area contributed by atoms with Gasteiger partial charge in [-0.1, -0.05) is 42.1 Å². The number of methoxy groups -OCH3 is 1. The van der Waals surface area contributed by atoms with E-state index in [9.17, 15) is 4.79 Å². The highest BCUT2D eigenvalue weighted by Gasteiger charge is 2.19. The summed E-state index contributed by atoms with van der Waals surface area (Å²) in [5.41, 5.74) is 2.58. The van der Waals surface area contributed by atoms with Crippen LogP contribution >= 0.6 is 11.8 Å². The predicted octanol–water partition coefficient (Wildman–Crippen LogP) is 5.10. The zero-order valence-electron chi connectivity index (χ0n) is 19.3. The number of nitrogens with zero attached hydrogens (tertiary/aromatic N) is 4. The van der Waals surface area contributed by atoms with Crippen molar-refractivity contribution < 1.29 is 14.3 Å². The molecule has 34 heavy (non-hydrogen) atoms. The average Bonchev–Trinajstić information content (AvgIpc) is 3.32. The molecule has 0 saturated heterocycles. The molecule has 7 nitrogen and oxygen atoms in total. The maximum Gasteiger partial charge on any atom is 0.237 e. The molecule has 3 aromatic carbocycles. The van der Waals surface area contributed by atoms with E-state index in [0.29, 0.717) is 17.6 Å². The maximum atomic E-state index is 12.9. The quantitative estimate of drug-likeness (QED) is 0.315. The summed E-state index contributed by atoms with van der Waals surface area (Å²) >= 11 is 1.35. The number of hydrogen-bond donors (Lipinski definition) is 0. The van der Waals surface area contributed by atoms with Crippen molar-refractivity contribution in [3.63, 3.8) is 0 Å². The zero-order chi connectivity index (χ0) is 23.9. The lowest BCUT2D eigenvalue weighted by Crippen LogP contribution is -2.27. The van der Waals surface area contributed by atoms with Gasteiger partial charge in [0.2, 0.25) is 5.91 Å². The molecule has 1 amide bonds. The molecule has 0 fully saturated rings. The van der Waals surface area contributed by atoms with E-state index in [4.69, 9.17) is 9.47 Å². The van der Waals surface area contributed by atoms with Gasteiger partial charge in [-0.3, -0.25) is 9.36 Å². The number of amides is 1. The molecule has 0 aliphatic heterocycles. The van der Waals surface area contributed by atoms with Crippen LogP contribution in [0.15, 0.2) is 84.0 Å². The van der Waals surface area contributed by atoms with Crippen molar-refractivity contribution in [2.24, 2.45) is 0 Å². The van der Waals surface area contributed by atoms with Crippen LogP contribution in [0.5, 0.6) is 11.5 Å². The van der Waals surface area contributed by atoms with Crippen molar-refractivity contribution in [2.45, 2.75) is 12.1 Å². The van der Waals surface area contributed by atoms with Crippen molar-refractivity contribution in [1.82, 2.24) is 14.8 Å². The van der Waals surface area contributed by atoms with E-state index >= 15 is 0 Å². The van der Waals surface area contributed by atoms with Crippen LogP contribution in [-0.2, 0) is 4.79 Å². The molecule has 174 valence electrons. The number of para-hydroxylation sites is 1. The number of thioether (sulfide) groups is 1. The zero-order valence-corrected chi connectivity index (χ0v) is 20.2. The fourth-order valence-corrected chi connectivity index (χ4v) is 4.29. The smallest absolute Gasteiger partial charge is 0.237 e. The first-order valence-electron chi connectivity index (χ1n) is 10.9. The lowest BCUT2D eigenvalue weighted by atomic mass is 10.2. The first kappa shape index (κ1) is 23.4. The van der Waals surface area contributed by atoms with Crippen molar-refractivity contribution in [3.8, 4) is 28.6 Å². The van der Waals surface area contributed by atoms with Crippen molar-refractivity contribution >= 4 is 23.4 Å². The molecule has 1 heterocycles. The van der Waals surface area contributed by atoms with Crippen molar-refractivity contribution in [2.75, 3.05) is 31.4 Å². The molecule has 0 radical (unpaired) electrons. The number of anilines is 1. The second-order valence-electron chi connectivity index (χ2n) is 7.38. The fourth-order valence-electron chi connectivity index (χ4n) is 3.42. The normalized spacial score (nSPS) is 10.7. The molecule has 0 aliphatic carbocycles. The molecule has 0 N–H and O–H groups in total. The second kappa shape index (κ2) is 10.9. The summed E-state index contributed by atoms with van der Waals surface area (Å²) in [4.78, 5) is 14.5. The molecular weight excluding hydrogens is 448 g/mol. The lowest BCUT2D eigenvalue weighted by molar-refractivity contribution is -0.115. The van der Waals surface area contributed by atoms with Gasteiger partial charge in [0.25, 0.3) is 0 Å². The minimum atomic E-state index is -0.0274. The number of aromatic nitrogens is 3. The number of ether oxygens (including phenoxy) is 2. The molecule has 0 unspecified atom stereocenters. The lowest BCUT2D eigenvalue weighted by Gasteiger charge is -2.17. The van der Waals surface area contributed by atoms with Gasteiger partial charge in [0, 0.05) is 24.0 Å². The van der Waals surface area contributed by atoms with E-state index in [0.717, 1.165) is 28.4 Å². The van der Waals surface area contributed by atoms with Crippen LogP contribution in [0.2, 0.25) is 0 Å². The van der Waals surface area contributed by atoms with E-state index in [2.05, 4.69) is 10.2 Å². The highest BCUT2D eigenvalue weighted by atomic mass is 32.2. The summed E-state index contributed by atoms with van der Waals surface area (Å²) in [6, 6.07) is 25.0. The highest BCUT2D eigenvalue weighted by molar-refractivity contribution is 7.99. The van der Waals surface area contributed by atoms with Gasteiger partial charge < -0.3 is 14.4 Å². The van der Waals surface area contributed by atoms with E-state index in [1.165, 1.54) is 11.8 Å². The summed E-state index contributed by atoms with van der Waals surface area (Å²) < 4.78 is 12.9. The second-order valence-corrected chi connectivity index (χ2v) is 8.32. The number of benzene rings is 3. The third-order valence-electron chi connectivity index (χ3n) is 5.21.